The Labute approximate surface area is 164 Å². The van der Waals surface area contributed by atoms with Crippen molar-refractivity contribution in [3.63, 3.8) is 0 Å². The second-order valence-corrected chi connectivity index (χ2v) is 7.59. The van der Waals surface area contributed by atoms with E-state index in [1.807, 2.05) is 22.9 Å². The molecule has 7 nitrogen and oxygen atoms in total. The topological polar surface area (TPSA) is 94.8 Å². The van der Waals surface area contributed by atoms with Crippen LogP contribution in [0.5, 0.6) is 5.75 Å². The average molecular weight is 399 g/mol. The molecule has 0 aliphatic carbocycles. The molecule has 1 aromatic carbocycles. The molecule has 138 valence electrons. The summed E-state index contributed by atoms with van der Waals surface area (Å²) in [4.78, 5) is 17.6. The standard InChI is InChI=1S/C18H18N6OS2/c1-19-8-11-3-4-12(15(25)7-11)16-22-13(9-26-16)14-10-27-18(23-14)24-17-20-5-2-6-21-17/h3-4,7-10,25H,2,5-6H2,1H3,(H2,20,21,23,24). The highest BCUT2D eigenvalue weighted by Gasteiger charge is 2.14. The number of phenolic OH excluding ortho intramolecular Hbond substituents is 1. The monoisotopic (exact) mass is 398 g/mol. The van der Waals surface area contributed by atoms with Crippen molar-refractivity contribution >= 4 is 40.0 Å². The molecule has 3 heterocycles. The molecule has 0 spiro atoms. The second kappa shape index (κ2) is 7.85. The molecule has 0 fully saturated rings. The fourth-order valence-electron chi connectivity index (χ4n) is 2.64. The first-order valence-electron chi connectivity index (χ1n) is 8.45. The Morgan fingerprint density at radius 1 is 1.22 bits per heavy atom. The number of aromatic nitrogens is 2. The van der Waals surface area contributed by atoms with Gasteiger partial charge < -0.3 is 15.7 Å². The van der Waals surface area contributed by atoms with E-state index in [9.17, 15) is 5.11 Å². The number of rotatable bonds is 4. The minimum absolute atomic E-state index is 0.190. The molecule has 0 bridgehead atoms. The number of hydrogen-bond acceptors (Lipinski definition) is 9. The van der Waals surface area contributed by atoms with Crippen LogP contribution in [0.3, 0.4) is 0 Å². The van der Waals surface area contributed by atoms with Crippen LogP contribution < -0.4 is 10.6 Å². The Bertz CT molecular complexity index is 1010. The molecule has 0 radical (unpaired) electrons. The Kier molecular flexibility index (Phi) is 5.12. The van der Waals surface area contributed by atoms with E-state index in [4.69, 9.17) is 0 Å². The van der Waals surface area contributed by atoms with E-state index in [2.05, 4.69) is 30.6 Å². The van der Waals surface area contributed by atoms with Crippen LogP contribution in [0.15, 0.2) is 38.9 Å². The third-order valence-electron chi connectivity index (χ3n) is 3.92. The van der Waals surface area contributed by atoms with E-state index in [1.165, 1.54) is 22.7 Å². The van der Waals surface area contributed by atoms with Gasteiger partial charge in [0.1, 0.15) is 22.1 Å². The SMILES string of the molecule is CN=Cc1ccc(-c2nc(-c3csc(NC4=NCCCN4)n3)cs2)c(O)c1. The summed E-state index contributed by atoms with van der Waals surface area (Å²) >= 11 is 2.99. The van der Waals surface area contributed by atoms with Gasteiger partial charge in [-0.25, -0.2) is 9.97 Å². The van der Waals surface area contributed by atoms with Crippen molar-refractivity contribution in [2.75, 3.05) is 25.5 Å². The summed E-state index contributed by atoms with van der Waals surface area (Å²) in [5, 5.41) is 22.2. The zero-order chi connectivity index (χ0) is 18.6. The highest BCUT2D eigenvalue weighted by atomic mass is 32.1. The predicted molar refractivity (Wildman–Crippen MR) is 112 cm³/mol. The summed E-state index contributed by atoms with van der Waals surface area (Å²) in [7, 11) is 1.70. The van der Waals surface area contributed by atoms with Gasteiger partial charge in [-0.15, -0.1) is 22.7 Å². The van der Waals surface area contributed by atoms with Crippen molar-refractivity contribution in [1.29, 1.82) is 0 Å². The van der Waals surface area contributed by atoms with Crippen LogP contribution in [0.25, 0.3) is 22.0 Å². The van der Waals surface area contributed by atoms with Crippen LogP contribution in [0.4, 0.5) is 5.13 Å². The molecule has 9 heteroatoms. The summed E-state index contributed by atoms with van der Waals surface area (Å²) in [5.41, 5.74) is 3.14. The second-order valence-electron chi connectivity index (χ2n) is 5.88. The fraction of sp³-hybridized carbons (Fsp3) is 0.222. The van der Waals surface area contributed by atoms with Gasteiger partial charge in [0.05, 0.1) is 5.56 Å². The van der Waals surface area contributed by atoms with Crippen LogP contribution >= 0.6 is 22.7 Å². The minimum Gasteiger partial charge on any atom is -0.507 e. The average Bonchev–Trinajstić information content (AvgIpc) is 3.32. The van der Waals surface area contributed by atoms with Crippen LogP contribution in [-0.2, 0) is 0 Å². The zero-order valence-electron chi connectivity index (χ0n) is 14.6. The molecular formula is C18H18N6OS2. The van der Waals surface area contributed by atoms with E-state index < -0.39 is 0 Å². The lowest BCUT2D eigenvalue weighted by Crippen LogP contribution is -2.35. The van der Waals surface area contributed by atoms with Crippen molar-refractivity contribution in [3.05, 3.63) is 34.5 Å². The summed E-state index contributed by atoms with van der Waals surface area (Å²) in [5.74, 6) is 0.956. The number of guanidine groups is 1. The summed E-state index contributed by atoms with van der Waals surface area (Å²) in [6, 6.07) is 5.45. The molecule has 0 saturated carbocycles. The van der Waals surface area contributed by atoms with Gasteiger partial charge in [0.25, 0.3) is 0 Å². The highest BCUT2D eigenvalue weighted by Crippen LogP contribution is 2.35. The molecule has 0 saturated heterocycles. The third-order valence-corrected chi connectivity index (χ3v) is 5.56. The van der Waals surface area contributed by atoms with Crippen LogP contribution in [0.1, 0.15) is 12.0 Å². The van der Waals surface area contributed by atoms with E-state index in [0.717, 1.165) is 52.6 Å². The van der Waals surface area contributed by atoms with Gasteiger partial charge in [0.2, 0.25) is 0 Å². The molecule has 27 heavy (non-hydrogen) atoms. The molecule has 1 aliphatic rings. The van der Waals surface area contributed by atoms with Crippen molar-refractivity contribution in [1.82, 2.24) is 15.3 Å². The molecular weight excluding hydrogens is 380 g/mol. The molecule has 0 unspecified atom stereocenters. The number of nitrogens with one attached hydrogen (secondary N) is 2. The normalized spacial score (nSPS) is 14.2. The Morgan fingerprint density at radius 3 is 2.85 bits per heavy atom. The number of anilines is 1. The van der Waals surface area contributed by atoms with Crippen molar-refractivity contribution in [2.24, 2.45) is 9.98 Å². The van der Waals surface area contributed by atoms with Gasteiger partial charge in [0.15, 0.2) is 11.1 Å². The van der Waals surface area contributed by atoms with Crippen LogP contribution in [0.2, 0.25) is 0 Å². The predicted octanol–water partition coefficient (Wildman–Crippen LogP) is 3.45. The zero-order valence-corrected chi connectivity index (χ0v) is 16.3. The Balaban J connectivity index is 1.54. The van der Waals surface area contributed by atoms with E-state index in [1.54, 1.807) is 19.3 Å². The van der Waals surface area contributed by atoms with Crippen LogP contribution in [0, 0.1) is 0 Å². The number of benzene rings is 1. The van der Waals surface area contributed by atoms with Gasteiger partial charge in [-0.1, -0.05) is 6.07 Å². The Morgan fingerprint density at radius 2 is 2.07 bits per heavy atom. The number of aromatic hydroxyl groups is 1. The maximum absolute atomic E-state index is 10.3. The molecule has 2 aromatic heterocycles. The maximum Gasteiger partial charge on any atom is 0.197 e. The molecule has 4 rings (SSSR count). The molecule has 3 N–H and O–H groups in total. The molecule has 0 atom stereocenters. The van der Waals surface area contributed by atoms with E-state index in [0.29, 0.717) is 5.56 Å². The maximum atomic E-state index is 10.3. The van der Waals surface area contributed by atoms with Crippen molar-refractivity contribution in [2.45, 2.75) is 6.42 Å². The van der Waals surface area contributed by atoms with E-state index in [-0.39, 0.29) is 5.75 Å². The molecule has 0 amide bonds. The fourth-order valence-corrected chi connectivity index (χ4v) is 4.19. The highest BCUT2D eigenvalue weighted by molar-refractivity contribution is 7.14. The lowest BCUT2D eigenvalue weighted by molar-refractivity contribution is 0.477. The van der Waals surface area contributed by atoms with Crippen molar-refractivity contribution in [3.8, 4) is 27.7 Å². The van der Waals surface area contributed by atoms with Gasteiger partial charge in [-0.3, -0.25) is 9.98 Å². The molecule has 1 aliphatic heterocycles. The Hall–Kier alpha value is -2.78. The quantitative estimate of drug-likeness (QED) is 0.585. The van der Waals surface area contributed by atoms with Gasteiger partial charge in [-0.05, 0) is 24.1 Å². The summed E-state index contributed by atoms with van der Waals surface area (Å²) < 4.78 is 0. The first kappa shape index (κ1) is 17.6. The van der Waals surface area contributed by atoms with Crippen LogP contribution in [-0.4, -0.2) is 47.4 Å². The summed E-state index contributed by atoms with van der Waals surface area (Å²) in [6.45, 7) is 1.75. The lowest BCUT2D eigenvalue weighted by atomic mass is 10.1. The first-order valence-corrected chi connectivity index (χ1v) is 10.2. The van der Waals surface area contributed by atoms with Gasteiger partial charge in [0, 0.05) is 37.1 Å². The smallest absolute Gasteiger partial charge is 0.197 e. The number of hydrogen-bond donors (Lipinski definition) is 3. The molecule has 3 aromatic rings. The number of aliphatic imine (C=N–C) groups is 2. The first-order chi connectivity index (χ1) is 13.2. The largest absolute Gasteiger partial charge is 0.507 e. The van der Waals surface area contributed by atoms with Crippen molar-refractivity contribution < 1.29 is 5.11 Å². The number of phenols is 1. The van der Waals surface area contributed by atoms with Gasteiger partial charge >= 0.3 is 0 Å². The lowest BCUT2D eigenvalue weighted by Gasteiger charge is -2.13. The van der Waals surface area contributed by atoms with Gasteiger partial charge in [-0.2, -0.15) is 0 Å². The third kappa shape index (κ3) is 3.99. The summed E-state index contributed by atoms with van der Waals surface area (Å²) in [6.07, 6.45) is 2.75. The number of nitrogens with zero attached hydrogens (tertiary/aromatic N) is 4. The van der Waals surface area contributed by atoms with E-state index >= 15 is 0 Å². The minimum atomic E-state index is 0.190. The number of thiazole rings is 2.